The number of carbonyl (C=O) groups excluding carboxylic acids is 1. The van der Waals surface area contributed by atoms with Gasteiger partial charge >= 0.3 is 6.18 Å². The molecule has 5 heteroatoms. The van der Waals surface area contributed by atoms with Crippen molar-refractivity contribution in [2.24, 2.45) is 0 Å². The number of halogens is 3. The summed E-state index contributed by atoms with van der Waals surface area (Å²) in [5.41, 5.74) is -0.207. The second kappa shape index (κ2) is 3.48. The van der Waals surface area contributed by atoms with Crippen LogP contribution in [-0.4, -0.2) is 17.1 Å². The molecule has 78 valence electrons. The van der Waals surface area contributed by atoms with Gasteiger partial charge in [-0.05, 0) is 25.3 Å². The van der Waals surface area contributed by atoms with Crippen LogP contribution < -0.4 is 0 Å². The summed E-state index contributed by atoms with van der Waals surface area (Å²) in [7, 11) is 0. The van der Waals surface area contributed by atoms with Crippen LogP contribution in [0.2, 0.25) is 0 Å². The maximum absolute atomic E-state index is 12.0. The lowest BCUT2D eigenvalue weighted by Crippen LogP contribution is -2.26. The van der Waals surface area contributed by atoms with Gasteiger partial charge in [0.25, 0.3) is 5.78 Å². The molecule has 0 fully saturated rings. The Bertz CT molecular complexity index is 323. The van der Waals surface area contributed by atoms with Crippen LogP contribution in [0.15, 0.2) is 23.0 Å². The summed E-state index contributed by atoms with van der Waals surface area (Å²) in [6.45, 7) is 1.47. The van der Waals surface area contributed by atoms with Gasteiger partial charge in [-0.1, -0.05) is 6.08 Å². The Morgan fingerprint density at radius 1 is 1.50 bits per heavy atom. The molecule has 0 amide bonds. The molecule has 14 heavy (non-hydrogen) atoms. The zero-order valence-electron chi connectivity index (χ0n) is 7.48. The van der Waals surface area contributed by atoms with Crippen molar-refractivity contribution in [3.8, 4) is 0 Å². The third-order valence-corrected chi connectivity index (χ3v) is 2.04. The molecule has 0 atom stereocenters. The third kappa shape index (κ3) is 1.97. The van der Waals surface area contributed by atoms with E-state index in [2.05, 4.69) is 0 Å². The number of hydrogen-bond donors (Lipinski definition) is 1. The van der Waals surface area contributed by atoms with Crippen molar-refractivity contribution in [2.45, 2.75) is 25.9 Å². The summed E-state index contributed by atoms with van der Waals surface area (Å²) in [4.78, 5) is 10.8. The zero-order valence-corrected chi connectivity index (χ0v) is 7.48. The van der Waals surface area contributed by atoms with Gasteiger partial charge in [0.2, 0.25) is 0 Å². The number of alkyl halides is 3. The number of rotatable bonds is 1. The van der Waals surface area contributed by atoms with Crippen molar-refractivity contribution < 1.29 is 23.1 Å². The molecule has 0 unspecified atom stereocenters. The van der Waals surface area contributed by atoms with Gasteiger partial charge in [0.1, 0.15) is 5.76 Å². The molecule has 0 aromatic rings. The van der Waals surface area contributed by atoms with E-state index in [4.69, 9.17) is 0 Å². The first-order chi connectivity index (χ1) is 6.34. The Kier molecular flexibility index (Phi) is 2.69. The number of ketones is 1. The molecule has 1 N–H and O–H groups in total. The maximum atomic E-state index is 12.0. The molecule has 0 aromatic carbocycles. The third-order valence-electron chi connectivity index (χ3n) is 2.04. The van der Waals surface area contributed by atoms with Crippen LogP contribution in [0, 0.1) is 0 Å². The summed E-state index contributed by atoms with van der Waals surface area (Å²) in [5.74, 6) is -2.47. The zero-order chi connectivity index (χ0) is 10.9. The van der Waals surface area contributed by atoms with Gasteiger partial charge in [0.05, 0.1) is 0 Å². The molecular weight excluding hydrogens is 197 g/mol. The second-order valence-corrected chi connectivity index (χ2v) is 3.08. The van der Waals surface area contributed by atoms with E-state index in [1.54, 1.807) is 6.08 Å². The molecule has 0 aromatic heterocycles. The predicted octanol–water partition coefficient (Wildman–Crippen LogP) is 2.67. The molecule has 1 aliphatic carbocycles. The number of hydrogen-bond acceptors (Lipinski definition) is 2. The largest absolute Gasteiger partial charge is 0.507 e. The topological polar surface area (TPSA) is 37.3 Å². The fourth-order valence-electron chi connectivity index (χ4n) is 1.28. The smallest absolute Gasteiger partial charge is 0.454 e. The molecule has 0 spiro atoms. The monoisotopic (exact) mass is 206 g/mol. The van der Waals surface area contributed by atoms with Gasteiger partial charge in [0.15, 0.2) is 0 Å². The first kappa shape index (κ1) is 10.8. The standard InChI is InChI=1S/C9H9F3O2/c1-5-3-2-4-6(7(5)13)8(14)9(10,11)12/h3,13H,2,4H2,1H3. The maximum Gasteiger partial charge on any atom is 0.454 e. The first-order valence-electron chi connectivity index (χ1n) is 4.05. The van der Waals surface area contributed by atoms with Crippen LogP contribution in [0.25, 0.3) is 0 Å². The Hall–Kier alpha value is -1.26. The van der Waals surface area contributed by atoms with Gasteiger partial charge in [0, 0.05) is 5.57 Å². The van der Waals surface area contributed by atoms with Gasteiger partial charge in [-0.2, -0.15) is 13.2 Å². The Balaban J connectivity index is 3.04. The molecule has 0 radical (unpaired) electrons. The highest BCUT2D eigenvalue weighted by Crippen LogP contribution is 2.29. The van der Waals surface area contributed by atoms with Crippen molar-refractivity contribution in [2.75, 3.05) is 0 Å². The number of aliphatic hydroxyl groups is 1. The lowest BCUT2D eigenvalue weighted by Gasteiger charge is -2.15. The minimum atomic E-state index is -4.90. The Morgan fingerprint density at radius 2 is 2.07 bits per heavy atom. The molecule has 1 aliphatic rings. The van der Waals surface area contributed by atoms with E-state index in [0.717, 1.165) is 0 Å². The average molecular weight is 206 g/mol. The van der Waals surface area contributed by atoms with Gasteiger partial charge in [-0.3, -0.25) is 4.79 Å². The number of allylic oxidation sites excluding steroid dienone is 3. The molecule has 2 nitrogen and oxygen atoms in total. The summed E-state index contributed by atoms with van der Waals surface area (Å²) in [6.07, 6.45) is -3.00. The van der Waals surface area contributed by atoms with Crippen LogP contribution in [0.5, 0.6) is 0 Å². The summed E-state index contributed by atoms with van der Waals surface area (Å²) in [5, 5.41) is 9.26. The predicted molar refractivity (Wildman–Crippen MR) is 43.7 cm³/mol. The van der Waals surface area contributed by atoms with Crippen LogP contribution in [0.1, 0.15) is 19.8 Å². The highest BCUT2D eigenvalue weighted by Gasteiger charge is 2.42. The van der Waals surface area contributed by atoms with Crippen LogP contribution in [0.3, 0.4) is 0 Å². The summed E-state index contributed by atoms with van der Waals surface area (Å²) >= 11 is 0. The molecule has 1 rings (SSSR count). The molecule has 0 heterocycles. The van der Waals surface area contributed by atoms with Crippen LogP contribution in [0.4, 0.5) is 13.2 Å². The van der Waals surface area contributed by atoms with E-state index in [1.165, 1.54) is 6.92 Å². The first-order valence-corrected chi connectivity index (χ1v) is 4.05. The average Bonchev–Trinajstić information content (AvgIpc) is 2.07. The van der Waals surface area contributed by atoms with Crippen LogP contribution in [-0.2, 0) is 4.79 Å². The lowest BCUT2D eigenvalue weighted by atomic mass is 9.95. The fraction of sp³-hybridized carbons (Fsp3) is 0.444. The summed E-state index contributed by atoms with van der Waals surface area (Å²) in [6, 6.07) is 0. The second-order valence-electron chi connectivity index (χ2n) is 3.08. The Labute approximate surface area is 78.7 Å². The molecule has 0 saturated heterocycles. The van der Waals surface area contributed by atoms with Gasteiger partial charge < -0.3 is 5.11 Å². The van der Waals surface area contributed by atoms with Crippen molar-refractivity contribution in [1.82, 2.24) is 0 Å². The van der Waals surface area contributed by atoms with Crippen molar-refractivity contribution in [3.05, 3.63) is 23.0 Å². The normalized spacial score (nSPS) is 18.1. The van der Waals surface area contributed by atoms with E-state index in [0.29, 0.717) is 12.0 Å². The number of Topliss-reactive ketones (excluding diaryl/α,β-unsaturated/α-hetero) is 1. The van der Waals surface area contributed by atoms with E-state index in [-0.39, 0.29) is 6.42 Å². The fourth-order valence-corrected chi connectivity index (χ4v) is 1.28. The lowest BCUT2D eigenvalue weighted by molar-refractivity contribution is -0.166. The SMILES string of the molecule is CC1=CCCC(C(=O)C(F)(F)F)=C1O. The molecule has 0 aliphatic heterocycles. The molecule has 0 saturated carbocycles. The molecule has 0 bridgehead atoms. The van der Waals surface area contributed by atoms with Gasteiger partial charge in [-0.15, -0.1) is 0 Å². The minimum absolute atomic E-state index is 0.0541. The highest BCUT2D eigenvalue weighted by molar-refractivity contribution is 6.00. The summed E-state index contributed by atoms with van der Waals surface area (Å²) < 4.78 is 36.1. The number of aliphatic hydroxyl groups excluding tert-OH is 1. The highest BCUT2D eigenvalue weighted by atomic mass is 19.4. The van der Waals surface area contributed by atoms with Crippen molar-refractivity contribution in [1.29, 1.82) is 0 Å². The quantitative estimate of drug-likeness (QED) is 0.716. The minimum Gasteiger partial charge on any atom is -0.507 e. The van der Waals surface area contributed by atoms with E-state index >= 15 is 0 Å². The van der Waals surface area contributed by atoms with Gasteiger partial charge in [-0.25, -0.2) is 0 Å². The van der Waals surface area contributed by atoms with Crippen molar-refractivity contribution >= 4 is 5.78 Å². The number of carbonyl (C=O) groups is 1. The van der Waals surface area contributed by atoms with E-state index in [9.17, 15) is 23.1 Å². The van der Waals surface area contributed by atoms with Crippen molar-refractivity contribution in [3.63, 3.8) is 0 Å². The molecular formula is C9H9F3O2. The Morgan fingerprint density at radius 3 is 2.57 bits per heavy atom. The van der Waals surface area contributed by atoms with E-state index in [1.807, 2.05) is 0 Å². The van der Waals surface area contributed by atoms with Crippen LogP contribution >= 0.6 is 0 Å². The van der Waals surface area contributed by atoms with E-state index < -0.39 is 23.3 Å².